The average Bonchev–Trinajstić information content (AvgIpc) is 2.49. The van der Waals surface area contributed by atoms with Crippen LogP contribution in [0.5, 0.6) is 0 Å². The van der Waals surface area contributed by atoms with Crippen molar-refractivity contribution in [3.8, 4) is 0 Å². The van der Waals surface area contributed by atoms with Gasteiger partial charge in [-0.2, -0.15) is 0 Å². The van der Waals surface area contributed by atoms with E-state index in [0.717, 1.165) is 29.2 Å². The second-order valence-corrected chi connectivity index (χ2v) is 6.04. The summed E-state index contributed by atoms with van der Waals surface area (Å²) in [6.45, 7) is 0. The summed E-state index contributed by atoms with van der Waals surface area (Å²) < 4.78 is 0. The van der Waals surface area contributed by atoms with E-state index in [1.165, 1.54) is 32.1 Å². The van der Waals surface area contributed by atoms with E-state index in [2.05, 4.69) is 17.4 Å². The molecule has 1 N–H and O–H groups in total. The Balaban J connectivity index is 1.77. The van der Waals surface area contributed by atoms with Crippen LogP contribution in [0.1, 0.15) is 55.3 Å². The van der Waals surface area contributed by atoms with Gasteiger partial charge in [0.15, 0.2) is 0 Å². The second kappa shape index (κ2) is 6.75. The predicted molar refractivity (Wildman–Crippen MR) is 87.5 cm³/mol. The van der Waals surface area contributed by atoms with Crippen LogP contribution in [0, 0.1) is 0 Å². The first-order valence-electron chi connectivity index (χ1n) is 8.13. The molecule has 0 aromatic heterocycles. The molecule has 2 heteroatoms. The molecule has 1 saturated carbocycles. The van der Waals surface area contributed by atoms with Crippen LogP contribution < -0.4 is 5.32 Å². The fourth-order valence-electron chi connectivity index (χ4n) is 3.29. The zero-order valence-electron chi connectivity index (χ0n) is 12.5. The lowest BCUT2D eigenvalue weighted by atomic mass is 9.96. The molecule has 2 aromatic rings. The van der Waals surface area contributed by atoms with Gasteiger partial charge in [-0.3, -0.25) is 4.79 Å². The molecule has 1 aliphatic rings. The van der Waals surface area contributed by atoms with Crippen LogP contribution in [-0.2, 0) is 0 Å². The van der Waals surface area contributed by atoms with Crippen molar-refractivity contribution in [3.05, 3.63) is 48.0 Å². The van der Waals surface area contributed by atoms with Crippen LogP contribution in [-0.4, -0.2) is 11.9 Å². The molecule has 0 heterocycles. The Hall–Kier alpha value is -1.83. The fraction of sp³-hybridized carbons (Fsp3) is 0.421. The summed E-state index contributed by atoms with van der Waals surface area (Å²) in [7, 11) is 0. The van der Waals surface area contributed by atoms with Gasteiger partial charge in [-0.1, -0.05) is 68.5 Å². The largest absolute Gasteiger partial charge is 0.349 e. The van der Waals surface area contributed by atoms with Crippen LogP contribution in [0.2, 0.25) is 0 Å². The predicted octanol–water partition coefficient (Wildman–Crippen LogP) is 4.68. The molecular formula is C19H23NO. The molecule has 0 aliphatic heterocycles. The van der Waals surface area contributed by atoms with Gasteiger partial charge in [-0.25, -0.2) is 0 Å². The molecule has 2 nitrogen and oxygen atoms in total. The van der Waals surface area contributed by atoms with Gasteiger partial charge in [0.1, 0.15) is 0 Å². The number of rotatable bonds is 2. The Kier molecular flexibility index (Phi) is 4.54. The number of amides is 1. The van der Waals surface area contributed by atoms with Crippen LogP contribution in [0.25, 0.3) is 10.8 Å². The van der Waals surface area contributed by atoms with Gasteiger partial charge in [-0.05, 0) is 29.7 Å². The number of carbonyl (C=O) groups is 1. The molecule has 21 heavy (non-hydrogen) atoms. The summed E-state index contributed by atoms with van der Waals surface area (Å²) in [6.07, 6.45) is 8.68. The van der Waals surface area contributed by atoms with Crippen LogP contribution in [0.4, 0.5) is 0 Å². The van der Waals surface area contributed by atoms with Crippen molar-refractivity contribution in [2.24, 2.45) is 0 Å². The van der Waals surface area contributed by atoms with Crippen LogP contribution in [0.3, 0.4) is 0 Å². The summed E-state index contributed by atoms with van der Waals surface area (Å²) in [5, 5.41) is 5.43. The molecule has 2 aromatic carbocycles. The minimum Gasteiger partial charge on any atom is -0.349 e. The molecule has 1 amide bonds. The van der Waals surface area contributed by atoms with Crippen molar-refractivity contribution in [1.29, 1.82) is 0 Å². The molecule has 0 spiro atoms. The van der Waals surface area contributed by atoms with Gasteiger partial charge in [0.25, 0.3) is 5.91 Å². The molecular weight excluding hydrogens is 258 g/mol. The zero-order valence-corrected chi connectivity index (χ0v) is 12.5. The number of nitrogens with one attached hydrogen (secondary N) is 1. The lowest BCUT2D eigenvalue weighted by molar-refractivity contribution is 0.0932. The van der Waals surface area contributed by atoms with Crippen molar-refractivity contribution in [3.63, 3.8) is 0 Å². The molecule has 3 rings (SSSR count). The summed E-state index contributed by atoms with van der Waals surface area (Å²) in [5.74, 6) is 0.0809. The second-order valence-electron chi connectivity index (χ2n) is 6.04. The first kappa shape index (κ1) is 14.1. The van der Waals surface area contributed by atoms with Gasteiger partial charge in [0.05, 0.1) is 0 Å². The Morgan fingerprint density at radius 1 is 0.857 bits per heavy atom. The third kappa shape index (κ3) is 3.44. The van der Waals surface area contributed by atoms with Crippen molar-refractivity contribution >= 4 is 16.7 Å². The molecule has 0 radical (unpaired) electrons. The van der Waals surface area contributed by atoms with E-state index in [4.69, 9.17) is 0 Å². The van der Waals surface area contributed by atoms with Gasteiger partial charge in [0, 0.05) is 11.6 Å². The van der Waals surface area contributed by atoms with Crippen LogP contribution >= 0.6 is 0 Å². The molecule has 1 fully saturated rings. The van der Waals surface area contributed by atoms with Crippen molar-refractivity contribution in [2.45, 2.75) is 51.0 Å². The van der Waals surface area contributed by atoms with E-state index >= 15 is 0 Å². The SMILES string of the molecule is O=C(NC1CCCCCCC1)c1cccc2ccccc12. The Morgan fingerprint density at radius 3 is 2.33 bits per heavy atom. The molecule has 110 valence electrons. The maximum absolute atomic E-state index is 12.6. The highest BCUT2D eigenvalue weighted by atomic mass is 16.1. The van der Waals surface area contributed by atoms with E-state index in [1.807, 2.05) is 30.3 Å². The maximum Gasteiger partial charge on any atom is 0.252 e. The fourth-order valence-corrected chi connectivity index (χ4v) is 3.29. The highest BCUT2D eigenvalue weighted by Crippen LogP contribution is 2.20. The van der Waals surface area contributed by atoms with Gasteiger partial charge in [0.2, 0.25) is 0 Å². The zero-order chi connectivity index (χ0) is 14.5. The van der Waals surface area contributed by atoms with Crippen molar-refractivity contribution in [1.82, 2.24) is 5.32 Å². The third-order valence-corrected chi connectivity index (χ3v) is 4.47. The number of fused-ring (bicyclic) bond motifs is 1. The highest BCUT2D eigenvalue weighted by molar-refractivity contribution is 6.07. The third-order valence-electron chi connectivity index (χ3n) is 4.47. The minimum absolute atomic E-state index is 0.0809. The minimum atomic E-state index is 0.0809. The average molecular weight is 281 g/mol. The maximum atomic E-state index is 12.6. The van der Waals surface area contributed by atoms with Gasteiger partial charge >= 0.3 is 0 Å². The van der Waals surface area contributed by atoms with E-state index in [1.54, 1.807) is 0 Å². The molecule has 1 aliphatic carbocycles. The summed E-state index contributed by atoms with van der Waals surface area (Å²) in [6, 6.07) is 14.4. The monoisotopic (exact) mass is 281 g/mol. The first-order chi connectivity index (χ1) is 10.3. The quantitative estimate of drug-likeness (QED) is 0.850. The van der Waals surface area contributed by atoms with E-state index in [-0.39, 0.29) is 5.91 Å². The van der Waals surface area contributed by atoms with Crippen molar-refractivity contribution < 1.29 is 4.79 Å². The number of carbonyl (C=O) groups excluding carboxylic acids is 1. The molecule has 0 atom stereocenters. The smallest absolute Gasteiger partial charge is 0.252 e. The van der Waals surface area contributed by atoms with Gasteiger partial charge in [-0.15, -0.1) is 0 Å². The lowest BCUT2D eigenvalue weighted by Gasteiger charge is -2.21. The Bertz CT molecular complexity index is 606. The lowest BCUT2D eigenvalue weighted by Crippen LogP contribution is -2.35. The normalized spacial score (nSPS) is 17.1. The van der Waals surface area contributed by atoms with Crippen LogP contribution in [0.15, 0.2) is 42.5 Å². The molecule has 0 bridgehead atoms. The van der Waals surface area contributed by atoms with Gasteiger partial charge < -0.3 is 5.32 Å². The van der Waals surface area contributed by atoms with E-state index in [0.29, 0.717) is 6.04 Å². The van der Waals surface area contributed by atoms with E-state index < -0.39 is 0 Å². The van der Waals surface area contributed by atoms with E-state index in [9.17, 15) is 4.79 Å². The molecule has 0 unspecified atom stereocenters. The number of hydrogen-bond acceptors (Lipinski definition) is 1. The molecule has 0 saturated heterocycles. The van der Waals surface area contributed by atoms with Crippen molar-refractivity contribution in [2.75, 3.05) is 0 Å². The standard InChI is InChI=1S/C19H23NO/c21-19(20-16-11-4-2-1-3-5-12-16)18-14-8-10-15-9-6-7-13-17(15)18/h6-10,13-14,16H,1-5,11-12H2,(H,20,21). The first-order valence-corrected chi connectivity index (χ1v) is 8.13. The number of benzene rings is 2. The number of hydrogen-bond donors (Lipinski definition) is 1. The highest BCUT2D eigenvalue weighted by Gasteiger charge is 2.16. The topological polar surface area (TPSA) is 29.1 Å². The summed E-state index contributed by atoms with van der Waals surface area (Å²) in [5.41, 5.74) is 0.801. The Labute approximate surface area is 126 Å². The summed E-state index contributed by atoms with van der Waals surface area (Å²) in [4.78, 5) is 12.6. The summed E-state index contributed by atoms with van der Waals surface area (Å²) >= 11 is 0. The Morgan fingerprint density at radius 2 is 1.52 bits per heavy atom.